The van der Waals surface area contributed by atoms with Crippen molar-refractivity contribution in [3.8, 4) is 6.07 Å². The highest BCUT2D eigenvalue weighted by Crippen LogP contribution is 2.51. The number of fused-ring (bicyclic) bond motifs is 1. The van der Waals surface area contributed by atoms with Gasteiger partial charge in [0, 0.05) is 42.6 Å². The van der Waals surface area contributed by atoms with E-state index < -0.39 is 0 Å². The minimum Gasteiger partial charge on any atom is -0.392 e. The maximum Gasteiger partial charge on any atom is 0.143 e. The Labute approximate surface area is 147 Å². The van der Waals surface area contributed by atoms with Crippen LogP contribution in [0.15, 0.2) is 30.3 Å². The Kier molecular flexibility index (Phi) is 4.10. The Hall–Kier alpha value is -2.16. The van der Waals surface area contributed by atoms with E-state index in [9.17, 15) is 10.4 Å². The molecule has 1 aromatic heterocycles. The van der Waals surface area contributed by atoms with Crippen LogP contribution in [0.1, 0.15) is 31.9 Å². The van der Waals surface area contributed by atoms with Crippen molar-refractivity contribution in [2.24, 2.45) is 5.41 Å². The van der Waals surface area contributed by atoms with Gasteiger partial charge in [0.25, 0.3) is 0 Å². The fourth-order valence-corrected chi connectivity index (χ4v) is 4.46. The molecular formula is C20H23N3O2. The molecule has 1 spiro atoms. The smallest absolute Gasteiger partial charge is 0.143 e. The molecule has 2 atom stereocenters. The zero-order valence-corrected chi connectivity index (χ0v) is 14.5. The molecule has 0 radical (unpaired) electrons. The lowest BCUT2D eigenvalue weighted by atomic mass is 9.58. The topological polar surface area (TPSA) is 69.4 Å². The van der Waals surface area contributed by atoms with Gasteiger partial charge in [-0.15, -0.1) is 0 Å². The zero-order chi connectivity index (χ0) is 17.4. The Balaban J connectivity index is 1.61. The van der Waals surface area contributed by atoms with Gasteiger partial charge in [0.15, 0.2) is 0 Å². The molecule has 2 fully saturated rings. The van der Waals surface area contributed by atoms with E-state index >= 15 is 0 Å². The number of piperidine rings is 1. The molecule has 1 aliphatic carbocycles. The summed E-state index contributed by atoms with van der Waals surface area (Å²) >= 11 is 0. The summed E-state index contributed by atoms with van der Waals surface area (Å²) in [7, 11) is 0. The van der Waals surface area contributed by atoms with E-state index in [2.05, 4.69) is 22.0 Å². The Morgan fingerprint density at radius 1 is 1.36 bits per heavy atom. The summed E-state index contributed by atoms with van der Waals surface area (Å²) < 4.78 is 5.86. The third-order valence-corrected chi connectivity index (χ3v) is 5.95. The fraction of sp³-hybridized carbons (Fsp3) is 0.500. The number of hydrogen-bond donors (Lipinski definition) is 1. The van der Waals surface area contributed by atoms with Gasteiger partial charge >= 0.3 is 0 Å². The predicted molar refractivity (Wildman–Crippen MR) is 96.4 cm³/mol. The number of anilines is 1. The lowest BCUT2D eigenvalue weighted by Crippen LogP contribution is -2.62. The molecule has 0 unspecified atom stereocenters. The second-order valence-corrected chi connectivity index (χ2v) is 7.07. The van der Waals surface area contributed by atoms with E-state index in [1.165, 1.54) is 0 Å². The Morgan fingerprint density at radius 2 is 2.12 bits per heavy atom. The van der Waals surface area contributed by atoms with E-state index in [0.717, 1.165) is 48.9 Å². The molecule has 25 heavy (non-hydrogen) atoms. The fourth-order valence-electron chi connectivity index (χ4n) is 4.46. The first-order valence-corrected chi connectivity index (χ1v) is 9.02. The van der Waals surface area contributed by atoms with Crippen LogP contribution in [-0.2, 0) is 4.74 Å². The quantitative estimate of drug-likeness (QED) is 0.933. The molecule has 1 aliphatic heterocycles. The second kappa shape index (κ2) is 6.29. The average Bonchev–Trinajstić information content (AvgIpc) is 2.67. The zero-order valence-electron chi connectivity index (χ0n) is 14.5. The molecule has 4 rings (SSSR count). The number of para-hydroxylation sites is 1. The van der Waals surface area contributed by atoms with Crippen LogP contribution < -0.4 is 4.90 Å². The summed E-state index contributed by atoms with van der Waals surface area (Å²) in [6.45, 7) is 4.43. The summed E-state index contributed by atoms with van der Waals surface area (Å²) in [5, 5.41) is 20.8. The molecule has 2 aromatic rings. The van der Waals surface area contributed by atoms with Crippen LogP contribution >= 0.6 is 0 Å². The first-order valence-electron chi connectivity index (χ1n) is 9.02. The molecule has 1 saturated heterocycles. The summed E-state index contributed by atoms with van der Waals surface area (Å²) in [5.74, 6) is 0. The average molecular weight is 337 g/mol. The number of ether oxygens (including phenoxy) is 1. The Bertz CT molecular complexity index is 819. The van der Waals surface area contributed by atoms with Crippen LogP contribution in [0.2, 0.25) is 0 Å². The summed E-state index contributed by atoms with van der Waals surface area (Å²) in [6, 6.07) is 12.0. The highest BCUT2D eigenvalue weighted by molar-refractivity contribution is 5.92. The molecule has 1 saturated carbocycles. The van der Waals surface area contributed by atoms with Gasteiger partial charge in [-0.1, -0.05) is 18.2 Å². The summed E-state index contributed by atoms with van der Waals surface area (Å²) in [5.41, 5.74) is 2.28. The number of aromatic nitrogens is 1. The molecule has 5 nitrogen and oxygen atoms in total. The van der Waals surface area contributed by atoms with Crippen molar-refractivity contribution in [1.82, 2.24) is 4.98 Å². The van der Waals surface area contributed by atoms with Gasteiger partial charge in [0.2, 0.25) is 0 Å². The van der Waals surface area contributed by atoms with Gasteiger partial charge < -0.3 is 14.7 Å². The number of benzene rings is 1. The number of rotatable bonds is 3. The molecule has 0 amide bonds. The maximum atomic E-state index is 10.4. The normalized spacial score (nSPS) is 24.9. The molecule has 1 N–H and O–H groups in total. The molecular weight excluding hydrogens is 314 g/mol. The number of aliphatic hydroxyl groups is 1. The summed E-state index contributed by atoms with van der Waals surface area (Å²) in [4.78, 5) is 6.73. The highest BCUT2D eigenvalue weighted by Gasteiger charge is 2.56. The van der Waals surface area contributed by atoms with Gasteiger partial charge in [-0.3, -0.25) is 0 Å². The lowest BCUT2D eigenvalue weighted by Gasteiger charge is -2.57. The molecule has 1 aromatic carbocycles. The molecule has 0 bridgehead atoms. The minimum absolute atomic E-state index is 0.0899. The maximum absolute atomic E-state index is 10.4. The van der Waals surface area contributed by atoms with Crippen molar-refractivity contribution >= 4 is 16.6 Å². The first-order chi connectivity index (χ1) is 12.2. The van der Waals surface area contributed by atoms with Crippen molar-refractivity contribution in [1.29, 1.82) is 5.26 Å². The van der Waals surface area contributed by atoms with E-state index in [1.54, 1.807) is 0 Å². The molecule has 2 aliphatic rings. The molecule has 5 heteroatoms. The van der Waals surface area contributed by atoms with Gasteiger partial charge in [0.05, 0.1) is 17.7 Å². The van der Waals surface area contributed by atoms with Crippen molar-refractivity contribution in [2.75, 3.05) is 24.6 Å². The Morgan fingerprint density at radius 3 is 2.80 bits per heavy atom. The molecule has 2 heterocycles. The monoisotopic (exact) mass is 337 g/mol. The van der Waals surface area contributed by atoms with Gasteiger partial charge in [-0.2, -0.15) is 5.26 Å². The van der Waals surface area contributed by atoms with Crippen LogP contribution in [0, 0.1) is 16.7 Å². The number of aliphatic hydroxyl groups excluding tert-OH is 1. The summed E-state index contributed by atoms with van der Waals surface area (Å²) in [6.07, 6.45) is 2.51. The van der Waals surface area contributed by atoms with Gasteiger partial charge in [0.1, 0.15) is 11.8 Å². The number of nitrogens with zero attached hydrogens (tertiary/aromatic N) is 3. The van der Waals surface area contributed by atoms with E-state index in [0.29, 0.717) is 12.3 Å². The van der Waals surface area contributed by atoms with E-state index in [4.69, 9.17) is 4.74 Å². The van der Waals surface area contributed by atoms with Crippen molar-refractivity contribution in [2.45, 2.75) is 38.4 Å². The minimum atomic E-state index is -0.255. The van der Waals surface area contributed by atoms with Crippen LogP contribution in [-0.4, -0.2) is 42.0 Å². The van der Waals surface area contributed by atoms with E-state index in [-0.39, 0.29) is 17.6 Å². The second-order valence-electron chi connectivity index (χ2n) is 7.07. The number of pyridine rings is 1. The molecule has 130 valence electrons. The standard InChI is InChI=1S/C20H23N3O2/c1-2-25-19-12-18(24)20(19)7-9-23(10-8-20)17-11-14(13-21)22-16-6-4-3-5-15(16)17/h3-6,11,18-19,24H,2,7-10,12H2,1H3/t18-,19-/m0/s1. The third-order valence-electron chi connectivity index (χ3n) is 5.95. The number of hydrogen-bond acceptors (Lipinski definition) is 5. The largest absolute Gasteiger partial charge is 0.392 e. The van der Waals surface area contributed by atoms with Crippen LogP contribution in [0.5, 0.6) is 0 Å². The van der Waals surface area contributed by atoms with Crippen LogP contribution in [0.4, 0.5) is 5.69 Å². The first kappa shape index (κ1) is 16.3. The number of nitriles is 1. The van der Waals surface area contributed by atoms with Gasteiger partial charge in [-0.05, 0) is 31.9 Å². The highest BCUT2D eigenvalue weighted by atomic mass is 16.5. The van der Waals surface area contributed by atoms with E-state index in [1.807, 2.05) is 31.2 Å². The lowest BCUT2D eigenvalue weighted by molar-refractivity contribution is -0.199. The van der Waals surface area contributed by atoms with Gasteiger partial charge in [-0.25, -0.2) is 4.98 Å². The van der Waals surface area contributed by atoms with Crippen LogP contribution in [0.25, 0.3) is 10.9 Å². The predicted octanol–water partition coefficient (Wildman–Crippen LogP) is 2.86. The van der Waals surface area contributed by atoms with Crippen LogP contribution in [0.3, 0.4) is 0 Å². The van der Waals surface area contributed by atoms with Crippen molar-refractivity contribution in [3.63, 3.8) is 0 Å². The van der Waals surface area contributed by atoms with Crippen molar-refractivity contribution < 1.29 is 9.84 Å². The van der Waals surface area contributed by atoms with Crippen molar-refractivity contribution in [3.05, 3.63) is 36.0 Å². The SMILES string of the molecule is CCO[C@H]1C[C@H](O)C12CCN(c1cc(C#N)nc3ccccc13)CC2. The third kappa shape index (κ3) is 2.57.